The number of carbonyl (C=O) groups is 3. The molecule has 1 atom stereocenters. The summed E-state index contributed by atoms with van der Waals surface area (Å²) in [6.07, 6.45) is 0.632. The van der Waals surface area contributed by atoms with Crippen molar-refractivity contribution in [1.29, 1.82) is 0 Å². The van der Waals surface area contributed by atoms with E-state index in [9.17, 15) is 23.2 Å². The minimum Gasteiger partial charge on any atom is -0.480 e. The Morgan fingerprint density at radius 3 is 2.21 bits per heavy atom. The van der Waals surface area contributed by atoms with Crippen molar-refractivity contribution >= 4 is 29.7 Å². The molecule has 0 radical (unpaired) electrons. The molecule has 2 amide bonds. The number of halogens is 2. The van der Waals surface area contributed by atoms with Crippen LogP contribution >= 0.6 is 11.8 Å². The van der Waals surface area contributed by atoms with Crippen molar-refractivity contribution in [3.8, 4) is 11.1 Å². The minimum absolute atomic E-state index is 0.00186. The number of nitrogens with one attached hydrogen (secondary N) is 2. The first-order chi connectivity index (χ1) is 15.7. The highest BCUT2D eigenvalue weighted by atomic mass is 32.2. The number of hydrogen-bond donors (Lipinski definition) is 3. The predicted molar refractivity (Wildman–Crippen MR) is 121 cm³/mol. The van der Waals surface area contributed by atoms with Gasteiger partial charge in [0.15, 0.2) is 0 Å². The molecule has 0 heterocycles. The molecule has 0 bridgehead atoms. The molecule has 0 fully saturated rings. The molecule has 0 spiro atoms. The van der Waals surface area contributed by atoms with E-state index in [0.29, 0.717) is 5.75 Å². The fourth-order valence-electron chi connectivity index (χ4n) is 3.67. The molecule has 33 heavy (non-hydrogen) atoms. The molecule has 176 valence electrons. The van der Waals surface area contributed by atoms with Crippen LogP contribution < -0.4 is 10.6 Å². The first kappa shape index (κ1) is 24.5. The third-order valence-corrected chi connectivity index (χ3v) is 5.99. The molecule has 0 saturated carbocycles. The highest BCUT2D eigenvalue weighted by molar-refractivity contribution is 7.98. The number of thioether (sulfide) groups is 1. The Morgan fingerprint density at radius 2 is 1.67 bits per heavy atom. The second-order valence-electron chi connectivity index (χ2n) is 7.53. The maximum Gasteiger partial charge on any atom is 0.407 e. The number of carboxylic acid groups (broad SMARTS) is 1. The number of aliphatic carboxylic acids is 1. The van der Waals surface area contributed by atoms with E-state index >= 15 is 0 Å². The molecule has 1 aliphatic carbocycles. The summed E-state index contributed by atoms with van der Waals surface area (Å²) in [5.74, 6) is -7.04. The largest absolute Gasteiger partial charge is 0.480 e. The van der Waals surface area contributed by atoms with E-state index in [1.165, 1.54) is 11.8 Å². The lowest BCUT2D eigenvalue weighted by molar-refractivity contribution is -0.150. The van der Waals surface area contributed by atoms with E-state index in [4.69, 9.17) is 9.84 Å². The Bertz CT molecular complexity index is 988. The summed E-state index contributed by atoms with van der Waals surface area (Å²) in [6.45, 7) is -1.38. The van der Waals surface area contributed by atoms with Gasteiger partial charge in [0.05, 0.1) is 6.54 Å². The fraction of sp³-hybridized carbons (Fsp3) is 0.348. The zero-order chi connectivity index (χ0) is 24.0. The Balaban J connectivity index is 1.55. The molecule has 0 aromatic heterocycles. The third kappa shape index (κ3) is 5.81. The predicted octanol–water partition coefficient (Wildman–Crippen LogP) is 3.48. The van der Waals surface area contributed by atoms with E-state index in [1.54, 1.807) is 6.26 Å². The van der Waals surface area contributed by atoms with Crippen molar-refractivity contribution in [2.24, 2.45) is 0 Å². The van der Waals surface area contributed by atoms with Gasteiger partial charge >= 0.3 is 18.0 Å². The molecule has 0 unspecified atom stereocenters. The Labute approximate surface area is 193 Å². The summed E-state index contributed by atoms with van der Waals surface area (Å²) in [7, 11) is 0. The van der Waals surface area contributed by atoms with E-state index in [-0.39, 0.29) is 18.9 Å². The van der Waals surface area contributed by atoms with Gasteiger partial charge in [0, 0.05) is 5.92 Å². The molecule has 0 aliphatic heterocycles. The molecule has 7 nitrogen and oxygen atoms in total. The number of rotatable bonds is 10. The van der Waals surface area contributed by atoms with E-state index in [0.717, 1.165) is 22.3 Å². The average Bonchev–Trinajstić information content (AvgIpc) is 3.12. The third-order valence-electron chi connectivity index (χ3n) is 5.34. The maximum atomic E-state index is 14.2. The number of amides is 2. The Hall–Kier alpha value is -3.14. The quantitative estimate of drug-likeness (QED) is 0.483. The Morgan fingerprint density at radius 1 is 1.09 bits per heavy atom. The van der Waals surface area contributed by atoms with Gasteiger partial charge in [0.25, 0.3) is 5.91 Å². The number of carboxylic acids is 1. The molecule has 10 heteroatoms. The Kier molecular flexibility index (Phi) is 7.91. The topological polar surface area (TPSA) is 105 Å². The second kappa shape index (κ2) is 10.7. The number of ether oxygens (including phenoxy) is 1. The van der Waals surface area contributed by atoms with Gasteiger partial charge in [-0.3, -0.25) is 4.79 Å². The summed E-state index contributed by atoms with van der Waals surface area (Å²) in [4.78, 5) is 35.1. The highest BCUT2D eigenvalue weighted by Crippen LogP contribution is 2.44. The first-order valence-corrected chi connectivity index (χ1v) is 11.6. The fourth-order valence-corrected chi connectivity index (χ4v) is 4.14. The molecular formula is C23H24F2N2O5S. The van der Waals surface area contributed by atoms with E-state index in [1.807, 2.05) is 59.2 Å². The van der Waals surface area contributed by atoms with Gasteiger partial charge in [-0.15, -0.1) is 0 Å². The standard InChI is InChI=1S/C23H24F2N2O5S/c1-33-11-10-19(20(28)29)27-21(30)23(24,25)13-26-22(31)32-12-18-16-8-4-2-6-14(16)15-7-3-5-9-17(15)18/h2-9,18-19H,10-13H2,1H3,(H,26,31)(H,27,30)(H,28,29)/t19-/m1/s1. The van der Waals surface area contributed by atoms with Crippen LogP contribution in [0.4, 0.5) is 13.6 Å². The van der Waals surface area contributed by atoms with Crippen LogP contribution in [0.1, 0.15) is 23.5 Å². The molecule has 1 aliphatic rings. The SMILES string of the molecule is CSCC[C@@H](NC(=O)C(F)(F)CNC(=O)OCC1c2ccccc2-c2ccccc21)C(=O)O. The number of alkyl carbamates (subject to hydrolysis) is 1. The van der Waals surface area contributed by atoms with Crippen molar-refractivity contribution in [3.63, 3.8) is 0 Å². The van der Waals surface area contributed by atoms with Crippen LogP contribution in [0.15, 0.2) is 48.5 Å². The van der Waals surface area contributed by atoms with Gasteiger partial charge in [0.2, 0.25) is 0 Å². The van der Waals surface area contributed by atoms with Crippen molar-refractivity contribution in [2.45, 2.75) is 24.3 Å². The molecule has 2 aromatic rings. The summed E-state index contributed by atoms with van der Waals surface area (Å²) in [5, 5.41) is 12.8. The highest BCUT2D eigenvalue weighted by Gasteiger charge is 2.41. The second-order valence-corrected chi connectivity index (χ2v) is 8.51. The zero-order valence-corrected chi connectivity index (χ0v) is 18.7. The van der Waals surface area contributed by atoms with E-state index in [2.05, 4.69) is 0 Å². The van der Waals surface area contributed by atoms with Crippen molar-refractivity contribution in [3.05, 3.63) is 59.7 Å². The van der Waals surface area contributed by atoms with Gasteiger partial charge in [-0.05, 0) is 40.7 Å². The van der Waals surface area contributed by atoms with Crippen LogP contribution in [0.2, 0.25) is 0 Å². The van der Waals surface area contributed by atoms with Crippen LogP contribution in [0.25, 0.3) is 11.1 Å². The van der Waals surface area contributed by atoms with Gasteiger partial charge < -0.3 is 20.5 Å². The van der Waals surface area contributed by atoms with Crippen molar-refractivity contribution < 1.29 is 33.0 Å². The lowest BCUT2D eigenvalue weighted by atomic mass is 9.98. The average molecular weight is 479 g/mol. The smallest absolute Gasteiger partial charge is 0.407 e. The molecule has 2 aromatic carbocycles. The lowest BCUT2D eigenvalue weighted by Gasteiger charge is -2.20. The molecule has 3 rings (SSSR count). The lowest BCUT2D eigenvalue weighted by Crippen LogP contribution is -2.52. The molecule has 0 saturated heterocycles. The maximum absolute atomic E-state index is 14.2. The van der Waals surface area contributed by atoms with Crippen LogP contribution in [-0.4, -0.2) is 60.2 Å². The number of hydrogen-bond acceptors (Lipinski definition) is 5. The van der Waals surface area contributed by atoms with Gasteiger partial charge in [-0.1, -0.05) is 48.5 Å². The number of carbonyl (C=O) groups excluding carboxylic acids is 2. The number of benzene rings is 2. The van der Waals surface area contributed by atoms with Gasteiger partial charge in [0.1, 0.15) is 12.6 Å². The van der Waals surface area contributed by atoms with Crippen LogP contribution in [0, 0.1) is 0 Å². The number of fused-ring (bicyclic) bond motifs is 3. The first-order valence-electron chi connectivity index (χ1n) is 10.2. The van der Waals surface area contributed by atoms with Crippen LogP contribution in [0.5, 0.6) is 0 Å². The van der Waals surface area contributed by atoms with Crippen LogP contribution in [-0.2, 0) is 14.3 Å². The summed E-state index contributed by atoms with van der Waals surface area (Å²) < 4.78 is 33.5. The van der Waals surface area contributed by atoms with Gasteiger partial charge in [-0.25, -0.2) is 9.59 Å². The zero-order valence-electron chi connectivity index (χ0n) is 17.8. The molecule has 3 N–H and O–H groups in total. The molecular weight excluding hydrogens is 454 g/mol. The van der Waals surface area contributed by atoms with Crippen LogP contribution in [0.3, 0.4) is 0 Å². The summed E-state index contributed by atoms with van der Waals surface area (Å²) >= 11 is 1.33. The summed E-state index contributed by atoms with van der Waals surface area (Å²) in [5.41, 5.74) is 4.00. The van der Waals surface area contributed by atoms with Crippen molar-refractivity contribution in [1.82, 2.24) is 10.6 Å². The van der Waals surface area contributed by atoms with Crippen molar-refractivity contribution in [2.75, 3.05) is 25.2 Å². The van der Waals surface area contributed by atoms with Gasteiger partial charge in [-0.2, -0.15) is 20.5 Å². The summed E-state index contributed by atoms with van der Waals surface area (Å²) in [6, 6.07) is 13.9. The number of alkyl halides is 2. The normalized spacial score (nSPS) is 13.5. The monoisotopic (exact) mass is 478 g/mol. The van der Waals surface area contributed by atoms with E-state index < -0.39 is 36.5 Å². The minimum atomic E-state index is -4.00.